The van der Waals surface area contributed by atoms with Crippen molar-refractivity contribution in [3.8, 4) is 0 Å². The molecule has 0 heterocycles. The predicted octanol–water partition coefficient (Wildman–Crippen LogP) is 4.29. The normalized spacial score (nSPS) is 10.6. The Morgan fingerprint density at radius 1 is 0.857 bits per heavy atom. The first-order chi connectivity index (χ1) is 6.78. The highest BCUT2D eigenvalue weighted by Crippen LogP contribution is 2.23. The zero-order chi connectivity index (χ0) is 10.6. The van der Waals surface area contributed by atoms with Crippen molar-refractivity contribution >= 4 is 23.2 Å². The van der Waals surface area contributed by atoms with Crippen molar-refractivity contribution in [3.05, 3.63) is 34.4 Å². The van der Waals surface area contributed by atoms with Gasteiger partial charge in [0.05, 0.1) is 0 Å². The van der Waals surface area contributed by atoms with Crippen LogP contribution in [0.15, 0.2) is 12.1 Å². The Bertz CT molecular complexity index is 274. The Hall–Kier alpha value is -0.200. The molecule has 2 heteroatoms. The van der Waals surface area contributed by atoms with E-state index in [1.807, 2.05) is 0 Å². The van der Waals surface area contributed by atoms with Crippen LogP contribution in [0.1, 0.15) is 36.1 Å². The molecule has 1 aromatic carbocycles. The summed E-state index contributed by atoms with van der Waals surface area (Å²) < 4.78 is 0. The molecule has 0 spiro atoms. The molecule has 0 aromatic heterocycles. The molecule has 0 amide bonds. The van der Waals surface area contributed by atoms with Crippen LogP contribution in [0.2, 0.25) is 0 Å². The largest absolute Gasteiger partial charge is 0.122 e. The van der Waals surface area contributed by atoms with Gasteiger partial charge >= 0.3 is 0 Å². The van der Waals surface area contributed by atoms with E-state index in [0.717, 1.165) is 12.8 Å². The van der Waals surface area contributed by atoms with Gasteiger partial charge in [-0.1, -0.05) is 26.0 Å². The Kier molecular flexibility index (Phi) is 4.77. The van der Waals surface area contributed by atoms with E-state index < -0.39 is 0 Å². The molecule has 0 N–H and O–H groups in total. The zero-order valence-electron chi connectivity index (χ0n) is 8.74. The third-order valence-electron chi connectivity index (χ3n) is 2.64. The molecule has 0 bridgehead atoms. The van der Waals surface area contributed by atoms with Gasteiger partial charge in [0, 0.05) is 11.8 Å². The highest BCUT2D eigenvalue weighted by Gasteiger charge is 2.09. The first kappa shape index (κ1) is 11.9. The molecule has 0 nitrogen and oxygen atoms in total. The first-order valence-electron chi connectivity index (χ1n) is 5.02. The van der Waals surface area contributed by atoms with Gasteiger partial charge in [-0.25, -0.2) is 0 Å². The summed E-state index contributed by atoms with van der Waals surface area (Å²) in [6.45, 7) is 4.31. The van der Waals surface area contributed by atoms with Gasteiger partial charge in [-0.3, -0.25) is 0 Å². The number of rotatable bonds is 4. The maximum atomic E-state index is 5.98. The molecule has 0 fully saturated rings. The third kappa shape index (κ3) is 2.24. The molecule has 0 atom stereocenters. The van der Waals surface area contributed by atoms with Crippen LogP contribution in [0, 0.1) is 0 Å². The van der Waals surface area contributed by atoms with Gasteiger partial charge in [0.25, 0.3) is 0 Å². The fourth-order valence-electron chi connectivity index (χ4n) is 1.85. The molecule has 78 valence electrons. The van der Waals surface area contributed by atoms with Crippen molar-refractivity contribution in [3.63, 3.8) is 0 Å². The summed E-state index contributed by atoms with van der Waals surface area (Å²) in [5.41, 5.74) is 5.21. The minimum Gasteiger partial charge on any atom is -0.122 e. The van der Waals surface area contributed by atoms with E-state index in [4.69, 9.17) is 23.2 Å². The Morgan fingerprint density at radius 2 is 1.50 bits per heavy atom. The van der Waals surface area contributed by atoms with Crippen molar-refractivity contribution in [2.45, 2.75) is 38.4 Å². The number of alkyl halides is 2. The molecular formula is C12H16Cl2. The average Bonchev–Trinajstić information content (AvgIpc) is 2.26. The van der Waals surface area contributed by atoms with Crippen LogP contribution >= 0.6 is 23.2 Å². The molecule has 0 saturated carbocycles. The second kappa shape index (κ2) is 5.63. The highest BCUT2D eigenvalue weighted by atomic mass is 35.5. The second-order valence-electron chi connectivity index (χ2n) is 3.32. The van der Waals surface area contributed by atoms with E-state index in [1.54, 1.807) is 0 Å². The van der Waals surface area contributed by atoms with Crippen molar-refractivity contribution < 1.29 is 0 Å². The summed E-state index contributed by atoms with van der Waals surface area (Å²) in [5, 5.41) is 0. The summed E-state index contributed by atoms with van der Waals surface area (Å²) in [7, 11) is 0. The lowest BCUT2D eigenvalue weighted by Gasteiger charge is -2.14. The molecule has 1 aromatic rings. The maximum absolute atomic E-state index is 5.98. The average molecular weight is 231 g/mol. The summed E-state index contributed by atoms with van der Waals surface area (Å²) in [6, 6.07) is 4.27. The van der Waals surface area contributed by atoms with E-state index >= 15 is 0 Å². The molecule has 0 unspecified atom stereocenters. The molecule has 0 aliphatic rings. The van der Waals surface area contributed by atoms with Gasteiger partial charge in [0.15, 0.2) is 0 Å². The molecule has 0 aliphatic carbocycles. The minimum absolute atomic E-state index is 0.580. The minimum atomic E-state index is 0.580. The van der Waals surface area contributed by atoms with Crippen LogP contribution < -0.4 is 0 Å². The number of aryl methyl sites for hydroxylation is 1. The molecular weight excluding hydrogens is 215 g/mol. The molecule has 1 rings (SSSR count). The first-order valence-corrected chi connectivity index (χ1v) is 6.09. The van der Waals surface area contributed by atoms with E-state index in [9.17, 15) is 0 Å². The summed E-state index contributed by atoms with van der Waals surface area (Å²) in [4.78, 5) is 0. The van der Waals surface area contributed by atoms with Gasteiger partial charge in [0.1, 0.15) is 0 Å². The lowest BCUT2D eigenvalue weighted by atomic mass is 9.94. The summed E-state index contributed by atoms with van der Waals surface area (Å²) in [6.07, 6.45) is 2.05. The standard InChI is InChI=1S/C12H16Cl2/c1-3-9-5-6-10(7-13)11(4-2)12(9)8-14/h5-6H,3-4,7-8H2,1-2H3. The van der Waals surface area contributed by atoms with Crippen molar-refractivity contribution in [2.24, 2.45) is 0 Å². The van der Waals surface area contributed by atoms with E-state index in [1.165, 1.54) is 22.3 Å². The Balaban J connectivity index is 3.28. The smallest absolute Gasteiger partial charge is 0.0479 e. The summed E-state index contributed by atoms with van der Waals surface area (Å²) in [5.74, 6) is 1.17. The maximum Gasteiger partial charge on any atom is 0.0479 e. The van der Waals surface area contributed by atoms with Gasteiger partial charge < -0.3 is 0 Å². The Morgan fingerprint density at radius 3 is 1.93 bits per heavy atom. The van der Waals surface area contributed by atoms with Crippen molar-refractivity contribution in [1.29, 1.82) is 0 Å². The van der Waals surface area contributed by atoms with Crippen LogP contribution in [-0.4, -0.2) is 0 Å². The van der Waals surface area contributed by atoms with Crippen LogP contribution in [0.25, 0.3) is 0 Å². The zero-order valence-corrected chi connectivity index (χ0v) is 10.3. The molecule has 0 saturated heterocycles. The summed E-state index contributed by atoms with van der Waals surface area (Å²) >= 11 is 11.9. The molecule has 0 aliphatic heterocycles. The van der Waals surface area contributed by atoms with E-state index in [-0.39, 0.29) is 0 Å². The number of hydrogen-bond acceptors (Lipinski definition) is 0. The monoisotopic (exact) mass is 230 g/mol. The van der Waals surface area contributed by atoms with E-state index in [2.05, 4.69) is 26.0 Å². The predicted molar refractivity (Wildman–Crippen MR) is 64.3 cm³/mol. The fourth-order valence-corrected chi connectivity index (χ4v) is 2.44. The van der Waals surface area contributed by atoms with Crippen molar-refractivity contribution in [1.82, 2.24) is 0 Å². The lowest BCUT2D eigenvalue weighted by Crippen LogP contribution is -2.00. The van der Waals surface area contributed by atoms with Crippen LogP contribution in [-0.2, 0) is 24.6 Å². The van der Waals surface area contributed by atoms with Gasteiger partial charge in [0.2, 0.25) is 0 Å². The highest BCUT2D eigenvalue weighted by molar-refractivity contribution is 6.18. The number of benzene rings is 1. The molecule has 0 radical (unpaired) electrons. The van der Waals surface area contributed by atoms with Crippen molar-refractivity contribution in [2.75, 3.05) is 0 Å². The fraction of sp³-hybridized carbons (Fsp3) is 0.500. The van der Waals surface area contributed by atoms with Crippen LogP contribution in [0.4, 0.5) is 0 Å². The van der Waals surface area contributed by atoms with Crippen LogP contribution in [0.5, 0.6) is 0 Å². The number of halogens is 2. The quantitative estimate of drug-likeness (QED) is 0.678. The molecule has 14 heavy (non-hydrogen) atoms. The number of hydrogen-bond donors (Lipinski definition) is 0. The van der Waals surface area contributed by atoms with Gasteiger partial charge in [-0.2, -0.15) is 0 Å². The third-order valence-corrected chi connectivity index (χ3v) is 3.19. The van der Waals surface area contributed by atoms with Gasteiger partial charge in [-0.15, -0.1) is 23.2 Å². The SMILES string of the molecule is CCc1ccc(CCl)c(CC)c1CCl. The second-order valence-corrected chi connectivity index (χ2v) is 3.85. The Labute approximate surface area is 96.2 Å². The topological polar surface area (TPSA) is 0 Å². The van der Waals surface area contributed by atoms with Crippen LogP contribution in [0.3, 0.4) is 0 Å². The van der Waals surface area contributed by atoms with Gasteiger partial charge in [-0.05, 0) is 35.1 Å². The van der Waals surface area contributed by atoms with E-state index in [0.29, 0.717) is 11.8 Å². The lowest BCUT2D eigenvalue weighted by molar-refractivity contribution is 1.01.